The summed E-state index contributed by atoms with van der Waals surface area (Å²) in [6.07, 6.45) is 0. The number of benzene rings is 2. The van der Waals surface area contributed by atoms with Gasteiger partial charge in [-0.25, -0.2) is 12.4 Å². The lowest BCUT2D eigenvalue weighted by atomic mass is 10.2. The summed E-state index contributed by atoms with van der Waals surface area (Å²) in [6, 6.07) is 11.6. The van der Waals surface area contributed by atoms with E-state index >= 15 is 0 Å². The number of aromatic nitrogens is 1. The summed E-state index contributed by atoms with van der Waals surface area (Å²) in [5.41, 5.74) is 1.20. The van der Waals surface area contributed by atoms with Gasteiger partial charge in [0.05, 0.1) is 10.4 Å². The summed E-state index contributed by atoms with van der Waals surface area (Å²) in [5, 5.41) is 1.72. The molecule has 3 aromatic rings. The number of ether oxygens (including phenoxy) is 2. The van der Waals surface area contributed by atoms with E-state index in [1.165, 1.54) is 16.1 Å². The Balaban J connectivity index is 1.92. The molecule has 2 aromatic carbocycles. The minimum absolute atomic E-state index is 0.145. The summed E-state index contributed by atoms with van der Waals surface area (Å²) in [7, 11) is -3.80. The third-order valence-corrected chi connectivity index (χ3v) is 6.55. The van der Waals surface area contributed by atoms with Gasteiger partial charge in [0, 0.05) is 27.5 Å². The van der Waals surface area contributed by atoms with Crippen LogP contribution in [0.1, 0.15) is 5.69 Å². The van der Waals surface area contributed by atoms with E-state index in [-0.39, 0.29) is 4.90 Å². The molecule has 0 bridgehead atoms. The Morgan fingerprint density at radius 3 is 2.56 bits per heavy atom. The highest BCUT2D eigenvalue weighted by Crippen LogP contribution is 2.35. The third-order valence-electron chi connectivity index (χ3n) is 3.98. The predicted octanol–water partition coefficient (Wildman–Crippen LogP) is 4.20. The molecular formula is C17H13BrClNO4S. The Kier molecular flexibility index (Phi) is 4.17. The summed E-state index contributed by atoms with van der Waals surface area (Å²) < 4.78 is 38.8. The van der Waals surface area contributed by atoms with Gasteiger partial charge in [0.2, 0.25) is 0 Å². The molecule has 0 atom stereocenters. The second kappa shape index (κ2) is 6.23. The fourth-order valence-corrected chi connectivity index (χ4v) is 5.20. The van der Waals surface area contributed by atoms with Crippen molar-refractivity contribution in [3.8, 4) is 11.5 Å². The molecule has 1 aromatic heterocycles. The average Bonchev–Trinajstić information content (AvgIpc) is 2.99. The topological polar surface area (TPSA) is 57.5 Å². The van der Waals surface area contributed by atoms with Crippen LogP contribution in [0.5, 0.6) is 11.5 Å². The van der Waals surface area contributed by atoms with Crippen molar-refractivity contribution in [1.82, 2.24) is 3.97 Å². The second-order valence-electron chi connectivity index (χ2n) is 5.55. The van der Waals surface area contributed by atoms with Crippen molar-refractivity contribution < 1.29 is 17.9 Å². The summed E-state index contributed by atoms with van der Waals surface area (Å²) in [6.45, 7) is 0.851. The third kappa shape index (κ3) is 2.80. The van der Waals surface area contributed by atoms with Crippen molar-refractivity contribution >= 4 is 48.5 Å². The van der Waals surface area contributed by atoms with Crippen LogP contribution < -0.4 is 9.47 Å². The fourth-order valence-electron chi connectivity index (χ4n) is 2.89. The highest BCUT2D eigenvalue weighted by molar-refractivity contribution is 9.08. The second-order valence-corrected chi connectivity index (χ2v) is 8.33. The van der Waals surface area contributed by atoms with Gasteiger partial charge in [0.25, 0.3) is 10.0 Å². The molecule has 1 aliphatic rings. The normalized spacial score (nSPS) is 14.0. The Morgan fingerprint density at radius 1 is 1.04 bits per heavy atom. The maximum Gasteiger partial charge on any atom is 0.268 e. The Bertz CT molecular complexity index is 1080. The Hall–Kier alpha value is -1.70. The zero-order valence-electron chi connectivity index (χ0n) is 12.9. The first kappa shape index (κ1) is 16.8. The fraction of sp³-hybridized carbons (Fsp3) is 0.176. The molecular weight excluding hydrogens is 430 g/mol. The highest BCUT2D eigenvalue weighted by Gasteiger charge is 2.25. The van der Waals surface area contributed by atoms with Gasteiger partial charge in [0.1, 0.15) is 13.2 Å². The van der Waals surface area contributed by atoms with Crippen LogP contribution in [-0.4, -0.2) is 25.6 Å². The summed E-state index contributed by atoms with van der Waals surface area (Å²) in [5.74, 6) is 0.988. The molecule has 0 saturated heterocycles. The van der Waals surface area contributed by atoms with Crippen molar-refractivity contribution in [2.75, 3.05) is 13.2 Å². The minimum atomic E-state index is -3.80. The molecule has 0 radical (unpaired) electrons. The van der Waals surface area contributed by atoms with Crippen LogP contribution >= 0.6 is 27.5 Å². The van der Waals surface area contributed by atoms with E-state index in [1.54, 1.807) is 24.3 Å². The van der Waals surface area contributed by atoms with E-state index in [2.05, 4.69) is 15.9 Å². The number of rotatable bonds is 3. The lowest BCUT2D eigenvalue weighted by molar-refractivity contribution is 0.171. The maximum atomic E-state index is 13.3. The van der Waals surface area contributed by atoms with Gasteiger partial charge < -0.3 is 9.47 Å². The van der Waals surface area contributed by atoms with E-state index < -0.39 is 10.0 Å². The number of alkyl halides is 1. The molecule has 0 spiro atoms. The minimum Gasteiger partial charge on any atom is -0.486 e. The van der Waals surface area contributed by atoms with Crippen molar-refractivity contribution in [3.05, 3.63) is 53.2 Å². The van der Waals surface area contributed by atoms with Crippen LogP contribution in [0, 0.1) is 0 Å². The van der Waals surface area contributed by atoms with E-state index in [4.69, 9.17) is 21.1 Å². The summed E-state index contributed by atoms with van der Waals surface area (Å²) >= 11 is 9.40. The first-order chi connectivity index (χ1) is 12.0. The summed E-state index contributed by atoms with van der Waals surface area (Å²) in [4.78, 5) is 0.145. The van der Waals surface area contributed by atoms with E-state index in [0.29, 0.717) is 46.3 Å². The number of hydrogen-bond acceptors (Lipinski definition) is 4. The van der Waals surface area contributed by atoms with Crippen LogP contribution in [0.2, 0.25) is 5.02 Å². The molecule has 0 N–H and O–H groups in total. The largest absolute Gasteiger partial charge is 0.486 e. The molecule has 1 aliphatic heterocycles. The van der Waals surface area contributed by atoms with Gasteiger partial charge in [-0.1, -0.05) is 27.5 Å². The van der Waals surface area contributed by atoms with Gasteiger partial charge >= 0.3 is 0 Å². The standard InChI is InChI=1S/C17H13BrClNO4S/c18-10-13-8-11-7-12(19)1-3-15(11)20(13)25(21,22)14-2-4-16-17(9-14)24-6-5-23-16/h1-4,7-9H,5-6,10H2. The van der Waals surface area contributed by atoms with Crippen LogP contribution in [0.4, 0.5) is 0 Å². The average molecular weight is 443 g/mol. The van der Waals surface area contributed by atoms with Gasteiger partial charge in [-0.2, -0.15) is 0 Å². The SMILES string of the molecule is O=S(=O)(c1ccc2c(c1)OCCO2)n1c(CBr)cc2cc(Cl)ccc21. The highest BCUT2D eigenvalue weighted by atomic mass is 79.9. The number of fused-ring (bicyclic) bond motifs is 2. The molecule has 5 nitrogen and oxygen atoms in total. The number of halogens is 2. The molecule has 0 saturated carbocycles. The molecule has 130 valence electrons. The van der Waals surface area contributed by atoms with Gasteiger partial charge in [-0.15, -0.1) is 0 Å². The van der Waals surface area contributed by atoms with Crippen molar-refractivity contribution in [2.24, 2.45) is 0 Å². The quantitative estimate of drug-likeness (QED) is 0.571. The first-order valence-corrected chi connectivity index (χ1v) is 10.5. The molecule has 8 heteroatoms. The molecule has 25 heavy (non-hydrogen) atoms. The predicted molar refractivity (Wildman–Crippen MR) is 99.6 cm³/mol. The molecule has 2 heterocycles. The zero-order chi connectivity index (χ0) is 17.6. The molecule has 4 rings (SSSR count). The van der Waals surface area contributed by atoms with Gasteiger partial charge in [0.15, 0.2) is 11.5 Å². The molecule has 0 unspecified atom stereocenters. The van der Waals surface area contributed by atoms with Crippen molar-refractivity contribution in [1.29, 1.82) is 0 Å². The lowest BCUT2D eigenvalue weighted by Crippen LogP contribution is -2.18. The van der Waals surface area contributed by atoms with E-state index in [0.717, 1.165) is 5.39 Å². The van der Waals surface area contributed by atoms with Crippen LogP contribution in [0.15, 0.2) is 47.4 Å². The molecule has 0 aliphatic carbocycles. The lowest BCUT2D eigenvalue weighted by Gasteiger charge is -2.19. The number of nitrogens with zero attached hydrogens (tertiary/aromatic N) is 1. The van der Waals surface area contributed by atoms with Gasteiger partial charge in [-0.05, 0) is 36.4 Å². The monoisotopic (exact) mass is 441 g/mol. The van der Waals surface area contributed by atoms with E-state index in [9.17, 15) is 8.42 Å². The zero-order valence-corrected chi connectivity index (χ0v) is 16.1. The van der Waals surface area contributed by atoms with Crippen LogP contribution in [0.25, 0.3) is 10.9 Å². The van der Waals surface area contributed by atoms with Crippen molar-refractivity contribution in [2.45, 2.75) is 10.2 Å². The first-order valence-electron chi connectivity index (χ1n) is 7.52. The Morgan fingerprint density at radius 2 is 1.80 bits per heavy atom. The van der Waals surface area contributed by atoms with Crippen molar-refractivity contribution in [3.63, 3.8) is 0 Å². The maximum absolute atomic E-state index is 13.3. The molecule has 0 amide bonds. The van der Waals surface area contributed by atoms with Crippen LogP contribution in [0.3, 0.4) is 0 Å². The van der Waals surface area contributed by atoms with Crippen LogP contribution in [-0.2, 0) is 15.4 Å². The van der Waals surface area contributed by atoms with E-state index in [1.807, 2.05) is 6.07 Å². The Labute approximate surface area is 158 Å². The molecule has 0 fully saturated rings. The smallest absolute Gasteiger partial charge is 0.268 e. The van der Waals surface area contributed by atoms with Gasteiger partial charge in [-0.3, -0.25) is 0 Å². The number of hydrogen-bond donors (Lipinski definition) is 0.